The highest BCUT2D eigenvalue weighted by Crippen LogP contribution is 2.40. The Bertz CT molecular complexity index is 335. The molecule has 1 aliphatic rings. The lowest BCUT2D eigenvalue weighted by molar-refractivity contribution is -0.0349. The van der Waals surface area contributed by atoms with Gasteiger partial charge in [-0.15, -0.1) is 0 Å². The van der Waals surface area contributed by atoms with E-state index in [1.165, 1.54) is 5.56 Å². The fraction of sp³-hybridized carbons (Fsp3) is 0.500. The minimum Gasteiger partial charge on any atom is -0.393 e. The third-order valence-corrected chi connectivity index (χ3v) is 3.25. The van der Waals surface area contributed by atoms with Crippen LogP contribution in [0.15, 0.2) is 24.3 Å². The van der Waals surface area contributed by atoms with Gasteiger partial charge in [0.15, 0.2) is 0 Å². The van der Waals surface area contributed by atoms with E-state index in [0.29, 0.717) is 12.3 Å². The van der Waals surface area contributed by atoms with Gasteiger partial charge in [-0.05, 0) is 29.9 Å². The second kappa shape index (κ2) is 3.37. The molecule has 2 unspecified atom stereocenters. The summed E-state index contributed by atoms with van der Waals surface area (Å²) in [6.07, 6.45) is 1.59. The van der Waals surface area contributed by atoms with Crippen molar-refractivity contribution < 1.29 is 10.2 Å². The number of hydrogen-bond donors (Lipinski definition) is 2. The van der Waals surface area contributed by atoms with Gasteiger partial charge in [0.1, 0.15) is 5.60 Å². The van der Waals surface area contributed by atoms with Crippen molar-refractivity contribution in [1.82, 2.24) is 0 Å². The maximum atomic E-state index is 10.2. The molecule has 2 atom stereocenters. The first-order chi connectivity index (χ1) is 6.67. The highest BCUT2D eigenvalue weighted by atomic mass is 16.3. The van der Waals surface area contributed by atoms with E-state index < -0.39 is 5.60 Å². The molecule has 0 saturated carbocycles. The Morgan fingerprint density at radius 1 is 1.43 bits per heavy atom. The number of aliphatic hydroxyl groups excluding tert-OH is 1. The third-order valence-electron chi connectivity index (χ3n) is 3.25. The Morgan fingerprint density at radius 2 is 2.14 bits per heavy atom. The van der Waals surface area contributed by atoms with Crippen LogP contribution in [-0.2, 0) is 5.60 Å². The molecule has 76 valence electrons. The number of rotatable bonds is 1. The maximum Gasteiger partial charge on any atom is 0.113 e. The fourth-order valence-electron chi connectivity index (χ4n) is 2.26. The van der Waals surface area contributed by atoms with E-state index in [9.17, 15) is 10.2 Å². The van der Waals surface area contributed by atoms with Gasteiger partial charge in [-0.3, -0.25) is 0 Å². The maximum absolute atomic E-state index is 10.2. The van der Waals surface area contributed by atoms with Crippen molar-refractivity contribution in [2.75, 3.05) is 6.61 Å². The predicted octanol–water partition coefficient (Wildman–Crippen LogP) is 1.76. The normalized spacial score (nSPS) is 31.2. The van der Waals surface area contributed by atoms with E-state index in [-0.39, 0.29) is 6.61 Å². The number of benzene rings is 1. The Labute approximate surface area is 84.2 Å². The molecule has 2 rings (SSSR count). The average molecular weight is 192 g/mol. The van der Waals surface area contributed by atoms with Crippen LogP contribution in [0, 0.1) is 0 Å². The molecule has 1 aliphatic carbocycles. The summed E-state index contributed by atoms with van der Waals surface area (Å²) < 4.78 is 0. The molecule has 2 N–H and O–H groups in total. The molecule has 1 aromatic carbocycles. The minimum atomic E-state index is -1.01. The summed E-state index contributed by atoms with van der Waals surface area (Å²) in [7, 11) is 0. The van der Waals surface area contributed by atoms with E-state index in [4.69, 9.17) is 0 Å². The molecule has 1 aromatic rings. The van der Waals surface area contributed by atoms with Crippen molar-refractivity contribution in [1.29, 1.82) is 0 Å². The molecule has 0 fully saturated rings. The molecule has 0 saturated heterocycles. The molecule has 0 radical (unpaired) electrons. The second-order valence-corrected chi connectivity index (χ2v) is 4.22. The van der Waals surface area contributed by atoms with Gasteiger partial charge < -0.3 is 10.2 Å². The molecule has 0 aliphatic heterocycles. The van der Waals surface area contributed by atoms with Crippen LogP contribution in [0.3, 0.4) is 0 Å². The second-order valence-electron chi connectivity index (χ2n) is 4.22. The predicted molar refractivity (Wildman–Crippen MR) is 55.1 cm³/mol. The van der Waals surface area contributed by atoms with Gasteiger partial charge >= 0.3 is 0 Å². The summed E-state index contributed by atoms with van der Waals surface area (Å²) >= 11 is 0. The zero-order chi connectivity index (χ0) is 10.2. The first-order valence-corrected chi connectivity index (χ1v) is 5.10. The van der Waals surface area contributed by atoms with Crippen molar-refractivity contribution in [3.8, 4) is 0 Å². The van der Waals surface area contributed by atoms with Crippen LogP contribution in [0.1, 0.15) is 36.8 Å². The molecule has 0 amide bonds. The first-order valence-electron chi connectivity index (χ1n) is 5.10. The summed E-state index contributed by atoms with van der Waals surface area (Å²) in [5.74, 6) is 0.484. The van der Waals surface area contributed by atoms with E-state index in [0.717, 1.165) is 12.0 Å². The van der Waals surface area contributed by atoms with E-state index >= 15 is 0 Å². The summed E-state index contributed by atoms with van der Waals surface area (Å²) in [5.41, 5.74) is 1.07. The lowest BCUT2D eigenvalue weighted by Gasteiger charge is -2.35. The molecule has 2 nitrogen and oxygen atoms in total. The van der Waals surface area contributed by atoms with Crippen LogP contribution in [-0.4, -0.2) is 16.8 Å². The van der Waals surface area contributed by atoms with Gasteiger partial charge in [0.2, 0.25) is 0 Å². The lowest BCUT2D eigenvalue weighted by atomic mass is 9.75. The lowest BCUT2D eigenvalue weighted by Crippen LogP contribution is -2.35. The molecule has 2 heteroatoms. The van der Waals surface area contributed by atoms with Crippen LogP contribution >= 0.6 is 0 Å². The monoisotopic (exact) mass is 192 g/mol. The number of fused-ring (bicyclic) bond motifs is 1. The van der Waals surface area contributed by atoms with Gasteiger partial charge in [0, 0.05) is 0 Å². The fourth-order valence-corrected chi connectivity index (χ4v) is 2.26. The minimum absolute atomic E-state index is 0.184. The summed E-state index contributed by atoms with van der Waals surface area (Å²) in [4.78, 5) is 0. The Balaban J connectivity index is 2.52. The van der Waals surface area contributed by atoms with Crippen LogP contribution in [0.2, 0.25) is 0 Å². The Morgan fingerprint density at radius 3 is 2.86 bits per heavy atom. The van der Waals surface area contributed by atoms with Crippen molar-refractivity contribution in [3.63, 3.8) is 0 Å². The third kappa shape index (κ3) is 1.35. The van der Waals surface area contributed by atoms with Crippen LogP contribution in [0.25, 0.3) is 0 Å². The molecule has 0 aromatic heterocycles. The quantitative estimate of drug-likeness (QED) is 0.712. The first kappa shape index (κ1) is 9.69. The SMILES string of the molecule is CC1CCC(O)(CO)c2ccccc21. The number of hydrogen-bond acceptors (Lipinski definition) is 2. The summed E-state index contributed by atoms with van der Waals surface area (Å²) in [6.45, 7) is 1.98. The van der Waals surface area contributed by atoms with Crippen molar-refractivity contribution >= 4 is 0 Å². The molecule has 0 spiro atoms. The van der Waals surface area contributed by atoms with Gasteiger partial charge in [-0.2, -0.15) is 0 Å². The van der Waals surface area contributed by atoms with Crippen LogP contribution in [0.5, 0.6) is 0 Å². The van der Waals surface area contributed by atoms with E-state index in [1.54, 1.807) is 0 Å². The Hall–Kier alpha value is -0.860. The van der Waals surface area contributed by atoms with Crippen molar-refractivity contribution in [2.45, 2.75) is 31.3 Å². The van der Waals surface area contributed by atoms with E-state index in [1.807, 2.05) is 24.3 Å². The largest absolute Gasteiger partial charge is 0.393 e. The smallest absolute Gasteiger partial charge is 0.113 e. The van der Waals surface area contributed by atoms with Crippen LogP contribution < -0.4 is 0 Å². The van der Waals surface area contributed by atoms with Crippen LogP contribution in [0.4, 0.5) is 0 Å². The Kier molecular flexibility index (Phi) is 2.33. The number of aliphatic hydroxyl groups is 2. The van der Waals surface area contributed by atoms with E-state index in [2.05, 4.69) is 6.92 Å². The molecule has 0 heterocycles. The summed E-state index contributed by atoms with van der Waals surface area (Å²) in [5, 5.41) is 19.4. The van der Waals surface area contributed by atoms with Crippen molar-refractivity contribution in [3.05, 3.63) is 35.4 Å². The van der Waals surface area contributed by atoms with Gasteiger partial charge in [0.05, 0.1) is 6.61 Å². The zero-order valence-electron chi connectivity index (χ0n) is 8.40. The zero-order valence-corrected chi connectivity index (χ0v) is 8.40. The average Bonchev–Trinajstić information content (AvgIpc) is 2.24. The van der Waals surface area contributed by atoms with Gasteiger partial charge in [-0.25, -0.2) is 0 Å². The van der Waals surface area contributed by atoms with Gasteiger partial charge in [-0.1, -0.05) is 31.2 Å². The van der Waals surface area contributed by atoms with Crippen molar-refractivity contribution in [2.24, 2.45) is 0 Å². The molecular weight excluding hydrogens is 176 g/mol. The molecule has 0 bridgehead atoms. The highest BCUT2D eigenvalue weighted by molar-refractivity contribution is 5.37. The summed E-state index contributed by atoms with van der Waals surface area (Å²) in [6, 6.07) is 7.86. The van der Waals surface area contributed by atoms with Gasteiger partial charge in [0.25, 0.3) is 0 Å². The highest BCUT2D eigenvalue weighted by Gasteiger charge is 2.35. The molecule has 14 heavy (non-hydrogen) atoms. The topological polar surface area (TPSA) is 40.5 Å². The molecular formula is C12H16O2. The standard InChI is InChI=1S/C12H16O2/c1-9-6-7-12(14,8-13)11-5-3-2-4-10(9)11/h2-5,9,13-14H,6-8H2,1H3.